The van der Waals surface area contributed by atoms with Crippen molar-refractivity contribution in [1.29, 1.82) is 0 Å². The molecule has 1 unspecified atom stereocenters. The maximum Gasteiger partial charge on any atom is 0.239 e. The van der Waals surface area contributed by atoms with E-state index in [0.717, 1.165) is 64.6 Å². The van der Waals surface area contributed by atoms with Crippen LogP contribution in [0.1, 0.15) is 26.7 Å². The number of hydrogen-bond donors (Lipinski definition) is 1. The van der Waals surface area contributed by atoms with Gasteiger partial charge in [-0.05, 0) is 26.7 Å². The molecule has 0 saturated carbocycles. The van der Waals surface area contributed by atoms with Gasteiger partial charge in [0.05, 0.1) is 12.6 Å². The zero-order chi connectivity index (χ0) is 17.5. The van der Waals surface area contributed by atoms with Gasteiger partial charge in [-0.3, -0.25) is 9.69 Å². The summed E-state index contributed by atoms with van der Waals surface area (Å²) >= 11 is 5.82. The summed E-state index contributed by atoms with van der Waals surface area (Å²) in [5, 5.41) is 3.84. The number of carbonyl (C=O) groups is 1. The molecule has 2 fully saturated rings. The molecule has 6 nitrogen and oxygen atoms in total. The second-order valence-corrected chi connectivity index (χ2v) is 6.95. The van der Waals surface area contributed by atoms with E-state index < -0.39 is 0 Å². The van der Waals surface area contributed by atoms with E-state index in [1.165, 1.54) is 0 Å². The SMILES string of the molecule is C=C(Cl)CN=C(NCC)N1CCN(C(C)C(=O)N2CCCC2)CC1.I. The summed E-state index contributed by atoms with van der Waals surface area (Å²) in [7, 11) is 0. The first-order valence-corrected chi connectivity index (χ1v) is 9.30. The summed E-state index contributed by atoms with van der Waals surface area (Å²) in [6.07, 6.45) is 2.28. The second kappa shape index (κ2) is 11.2. The number of amides is 1. The Morgan fingerprint density at radius 2 is 1.76 bits per heavy atom. The summed E-state index contributed by atoms with van der Waals surface area (Å²) in [6, 6.07) is -0.0348. The number of halogens is 2. The smallest absolute Gasteiger partial charge is 0.239 e. The van der Waals surface area contributed by atoms with Gasteiger partial charge in [-0.15, -0.1) is 24.0 Å². The summed E-state index contributed by atoms with van der Waals surface area (Å²) < 4.78 is 0. The first-order valence-electron chi connectivity index (χ1n) is 8.92. The minimum Gasteiger partial charge on any atom is -0.357 e. The van der Waals surface area contributed by atoms with Crippen LogP contribution in [0.25, 0.3) is 0 Å². The molecule has 2 saturated heterocycles. The lowest BCUT2D eigenvalue weighted by atomic mass is 10.2. The topological polar surface area (TPSA) is 51.2 Å². The Morgan fingerprint density at radius 1 is 1.16 bits per heavy atom. The molecule has 1 amide bonds. The van der Waals surface area contributed by atoms with Gasteiger partial charge in [0, 0.05) is 50.8 Å². The van der Waals surface area contributed by atoms with Gasteiger partial charge < -0.3 is 15.1 Å². The maximum absolute atomic E-state index is 12.6. The summed E-state index contributed by atoms with van der Waals surface area (Å²) in [6.45, 7) is 14.3. The van der Waals surface area contributed by atoms with Crippen LogP contribution in [0.4, 0.5) is 0 Å². The molecule has 0 bridgehead atoms. The van der Waals surface area contributed by atoms with Crippen molar-refractivity contribution in [2.45, 2.75) is 32.7 Å². The molecule has 2 heterocycles. The fraction of sp³-hybridized carbons (Fsp3) is 0.765. The highest BCUT2D eigenvalue weighted by atomic mass is 127. The van der Waals surface area contributed by atoms with E-state index in [4.69, 9.17) is 11.6 Å². The molecule has 2 aliphatic rings. The van der Waals surface area contributed by atoms with Gasteiger partial charge in [-0.25, -0.2) is 4.99 Å². The lowest BCUT2D eigenvalue weighted by Gasteiger charge is -2.39. The molecule has 144 valence electrons. The number of nitrogens with zero attached hydrogens (tertiary/aromatic N) is 4. The summed E-state index contributed by atoms with van der Waals surface area (Å²) in [5.41, 5.74) is 0. The molecule has 0 spiro atoms. The predicted octanol–water partition coefficient (Wildman–Crippen LogP) is 1.95. The average molecular weight is 484 g/mol. The van der Waals surface area contributed by atoms with Gasteiger partial charge >= 0.3 is 0 Å². The largest absolute Gasteiger partial charge is 0.357 e. The lowest BCUT2D eigenvalue weighted by molar-refractivity contribution is -0.135. The number of aliphatic imine (C=N–C) groups is 1. The lowest BCUT2D eigenvalue weighted by Crippen LogP contribution is -2.57. The second-order valence-electron chi connectivity index (χ2n) is 6.42. The van der Waals surface area contributed by atoms with Gasteiger partial charge in [0.25, 0.3) is 0 Å². The van der Waals surface area contributed by atoms with Crippen molar-refractivity contribution in [2.24, 2.45) is 4.99 Å². The molecular formula is C17H31ClIN5O. The van der Waals surface area contributed by atoms with Crippen molar-refractivity contribution in [3.63, 3.8) is 0 Å². The number of piperazine rings is 1. The first-order chi connectivity index (χ1) is 11.5. The number of likely N-dealkylation sites (tertiary alicyclic amines) is 1. The van der Waals surface area contributed by atoms with E-state index >= 15 is 0 Å². The zero-order valence-corrected chi connectivity index (χ0v) is 18.4. The van der Waals surface area contributed by atoms with Crippen LogP contribution in [0.5, 0.6) is 0 Å². The predicted molar refractivity (Wildman–Crippen MR) is 115 cm³/mol. The highest BCUT2D eigenvalue weighted by molar-refractivity contribution is 14.0. The monoisotopic (exact) mass is 483 g/mol. The van der Waals surface area contributed by atoms with E-state index in [2.05, 4.69) is 33.6 Å². The molecule has 1 atom stereocenters. The average Bonchev–Trinajstić information content (AvgIpc) is 3.12. The third-order valence-electron chi connectivity index (χ3n) is 4.67. The van der Waals surface area contributed by atoms with Gasteiger partial charge in [0.2, 0.25) is 5.91 Å². The highest BCUT2D eigenvalue weighted by Gasteiger charge is 2.30. The fourth-order valence-corrected chi connectivity index (χ4v) is 3.33. The van der Waals surface area contributed by atoms with E-state index in [-0.39, 0.29) is 35.9 Å². The van der Waals surface area contributed by atoms with Crippen molar-refractivity contribution in [2.75, 3.05) is 52.4 Å². The molecule has 25 heavy (non-hydrogen) atoms. The van der Waals surface area contributed by atoms with Gasteiger partial charge in [-0.2, -0.15) is 0 Å². The van der Waals surface area contributed by atoms with Crippen molar-refractivity contribution in [3.05, 3.63) is 11.6 Å². The highest BCUT2D eigenvalue weighted by Crippen LogP contribution is 2.14. The van der Waals surface area contributed by atoms with Gasteiger partial charge in [0.15, 0.2) is 5.96 Å². The van der Waals surface area contributed by atoms with Crippen molar-refractivity contribution < 1.29 is 4.79 Å². The Hall–Kier alpha value is -0.540. The number of hydrogen-bond acceptors (Lipinski definition) is 3. The number of guanidine groups is 1. The third-order valence-corrected chi connectivity index (χ3v) is 4.79. The summed E-state index contributed by atoms with van der Waals surface area (Å²) in [4.78, 5) is 23.6. The minimum absolute atomic E-state index is 0. The van der Waals surface area contributed by atoms with E-state index in [0.29, 0.717) is 11.6 Å². The van der Waals surface area contributed by atoms with Crippen molar-refractivity contribution in [1.82, 2.24) is 20.0 Å². The molecule has 0 aromatic carbocycles. The first kappa shape index (κ1) is 22.5. The number of rotatable bonds is 5. The molecule has 0 aliphatic carbocycles. The molecule has 2 rings (SSSR count). The van der Waals surface area contributed by atoms with Crippen LogP contribution < -0.4 is 5.32 Å². The standard InChI is InChI=1S/C17H30ClN5O.HI/c1-4-19-17(20-13-14(2)18)23-11-9-21(10-12-23)15(3)16(24)22-7-5-6-8-22;/h15H,2,4-13H2,1,3H3,(H,19,20);1H. The van der Waals surface area contributed by atoms with Crippen LogP contribution in [0, 0.1) is 0 Å². The Kier molecular flexibility index (Phi) is 10.1. The van der Waals surface area contributed by atoms with Gasteiger partial charge in [-0.1, -0.05) is 18.2 Å². The normalized spacial score (nSPS) is 20.2. The Labute approximate surface area is 173 Å². The van der Waals surface area contributed by atoms with Crippen LogP contribution in [0.3, 0.4) is 0 Å². The maximum atomic E-state index is 12.6. The van der Waals surface area contributed by atoms with E-state index in [9.17, 15) is 4.79 Å². The number of carbonyl (C=O) groups excluding carboxylic acids is 1. The molecule has 0 aromatic rings. The Bertz CT molecular complexity index is 474. The summed E-state index contributed by atoms with van der Waals surface area (Å²) in [5.74, 6) is 1.15. The zero-order valence-electron chi connectivity index (χ0n) is 15.3. The van der Waals surface area contributed by atoms with Crippen LogP contribution in [0.15, 0.2) is 16.6 Å². The van der Waals surface area contributed by atoms with Crippen LogP contribution in [-0.4, -0.2) is 85.0 Å². The van der Waals surface area contributed by atoms with Crippen molar-refractivity contribution >= 4 is 47.4 Å². The van der Waals surface area contributed by atoms with Crippen molar-refractivity contribution in [3.8, 4) is 0 Å². The molecule has 0 aromatic heterocycles. The molecule has 2 aliphatic heterocycles. The van der Waals surface area contributed by atoms with Gasteiger partial charge in [0.1, 0.15) is 0 Å². The third kappa shape index (κ3) is 6.60. The Balaban J connectivity index is 0.00000312. The van der Waals surface area contributed by atoms with E-state index in [1.807, 2.05) is 11.8 Å². The quantitative estimate of drug-likeness (QED) is 0.369. The van der Waals surface area contributed by atoms with E-state index in [1.54, 1.807) is 0 Å². The Morgan fingerprint density at radius 3 is 2.28 bits per heavy atom. The minimum atomic E-state index is -0.0348. The molecular weight excluding hydrogens is 453 g/mol. The van der Waals surface area contributed by atoms with Crippen LogP contribution in [0.2, 0.25) is 0 Å². The molecule has 0 radical (unpaired) electrons. The van der Waals surface area contributed by atoms with Crippen LogP contribution >= 0.6 is 35.6 Å². The number of nitrogens with one attached hydrogen (secondary N) is 1. The molecule has 8 heteroatoms. The fourth-order valence-electron chi connectivity index (χ4n) is 3.27. The molecule has 1 N–H and O–H groups in total. The van der Waals surface area contributed by atoms with Crippen LogP contribution in [-0.2, 0) is 4.79 Å².